The molecule has 1 aromatic heterocycles. The summed E-state index contributed by atoms with van der Waals surface area (Å²) in [5.41, 5.74) is 4.20. The van der Waals surface area contributed by atoms with Crippen LogP contribution in [0.5, 0.6) is 0 Å². The van der Waals surface area contributed by atoms with Crippen molar-refractivity contribution in [2.45, 2.75) is 25.8 Å². The number of nitrogens with one attached hydrogen (secondary N) is 1. The van der Waals surface area contributed by atoms with Crippen LogP contribution in [0.3, 0.4) is 0 Å². The molecule has 1 aromatic carbocycles. The Balaban J connectivity index is 1.52. The lowest BCUT2D eigenvalue weighted by Crippen LogP contribution is -2.39. The van der Waals surface area contributed by atoms with Gasteiger partial charge in [0, 0.05) is 31.0 Å². The standard InChI is InChI=1S/C22H25FN6O/c1-3-20(30)29-9-4-5-18(14-29)25-21-19(23)12-24-22(27-21)26-17-7-6-16-13-28(2)10-8-15(16)11-17/h3,6-7,11-12H,1,4-5,8-10,13-14H2,2H3,(H,24,26,27). The number of amides is 1. The van der Waals surface area contributed by atoms with Crippen molar-refractivity contribution >= 4 is 29.1 Å². The summed E-state index contributed by atoms with van der Waals surface area (Å²) in [4.78, 5) is 28.5. The van der Waals surface area contributed by atoms with E-state index < -0.39 is 5.82 Å². The van der Waals surface area contributed by atoms with E-state index in [9.17, 15) is 9.18 Å². The molecule has 30 heavy (non-hydrogen) atoms. The number of fused-ring (bicyclic) bond motifs is 1. The van der Waals surface area contributed by atoms with Gasteiger partial charge < -0.3 is 15.1 Å². The number of nitrogens with zero attached hydrogens (tertiary/aromatic N) is 5. The van der Waals surface area contributed by atoms with Crippen LogP contribution in [0, 0.1) is 5.82 Å². The molecule has 2 aliphatic rings. The van der Waals surface area contributed by atoms with E-state index in [1.54, 1.807) is 4.90 Å². The third-order valence-electron chi connectivity index (χ3n) is 5.41. The summed E-state index contributed by atoms with van der Waals surface area (Å²) >= 11 is 0. The Hall–Kier alpha value is -3.13. The van der Waals surface area contributed by atoms with E-state index in [-0.39, 0.29) is 11.7 Å². The molecule has 3 heterocycles. The zero-order chi connectivity index (χ0) is 21.1. The van der Waals surface area contributed by atoms with E-state index in [1.165, 1.54) is 17.2 Å². The van der Waals surface area contributed by atoms with Crippen LogP contribution in [-0.4, -0.2) is 58.1 Å². The number of likely N-dealkylation sites (tertiary alicyclic amines) is 1. The summed E-state index contributed by atoms with van der Waals surface area (Å²) in [5.74, 6) is -0.464. The fraction of sp³-hybridized carbons (Fsp3) is 0.364. The summed E-state index contributed by atoms with van der Waals surface area (Å²) < 4.78 is 14.3. The maximum atomic E-state index is 14.3. The average Bonchev–Trinajstić information content (AvgIpc) is 2.76. The fourth-order valence-electron chi connectivity index (χ4n) is 3.81. The molecular weight excluding hydrogens is 383 g/mol. The number of carbonyl (C=O) groups is 1. The summed E-state index contributed by atoms with van der Waals surface area (Å²) in [5, 5.41) is 3.16. The van der Waals surface area contributed by atoms with Crippen LogP contribution < -0.4 is 5.32 Å². The maximum Gasteiger partial charge on any atom is 0.246 e. The van der Waals surface area contributed by atoms with Gasteiger partial charge in [0.25, 0.3) is 0 Å². The van der Waals surface area contributed by atoms with E-state index in [4.69, 9.17) is 0 Å². The summed E-state index contributed by atoms with van der Waals surface area (Å²) in [6.45, 7) is 6.49. The van der Waals surface area contributed by atoms with Crippen molar-refractivity contribution in [2.75, 3.05) is 32.0 Å². The zero-order valence-electron chi connectivity index (χ0n) is 17.1. The predicted molar refractivity (Wildman–Crippen MR) is 115 cm³/mol. The molecule has 1 N–H and O–H groups in total. The third kappa shape index (κ3) is 4.54. The first-order valence-corrected chi connectivity index (χ1v) is 10.1. The number of likely N-dealkylation sites (N-methyl/N-ethyl adjacent to an activating group) is 1. The Morgan fingerprint density at radius 2 is 2.13 bits per heavy atom. The highest BCUT2D eigenvalue weighted by molar-refractivity contribution is 5.95. The van der Waals surface area contributed by atoms with Crippen LogP contribution in [0.2, 0.25) is 0 Å². The minimum absolute atomic E-state index is 0.0185. The highest BCUT2D eigenvalue weighted by atomic mass is 19.1. The van der Waals surface area contributed by atoms with E-state index in [0.717, 1.165) is 43.5 Å². The van der Waals surface area contributed by atoms with Crippen molar-refractivity contribution < 1.29 is 9.18 Å². The van der Waals surface area contributed by atoms with Crippen LogP contribution in [0.1, 0.15) is 24.0 Å². The number of aliphatic imine (C=N–C) groups is 1. The van der Waals surface area contributed by atoms with Gasteiger partial charge in [-0.05, 0) is 55.6 Å². The van der Waals surface area contributed by atoms with Crippen LogP contribution in [0.15, 0.2) is 42.0 Å². The van der Waals surface area contributed by atoms with Crippen LogP contribution >= 0.6 is 0 Å². The van der Waals surface area contributed by atoms with Gasteiger partial charge in [0.2, 0.25) is 11.9 Å². The Morgan fingerprint density at radius 3 is 2.97 bits per heavy atom. The van der Waals surface area contributed by atoms with E-state index >= 15 is 0 Å². The Morgan fingerprint density at radius 1 is 1.27 bits per heavy atom. The Labute approximate surface area is 175 Å². The normalized spacial score (nSPS) is 18.2. The molecule has 8 heteroatoms. The highest BCUT2D eigenvalue weighted by Gasteiger charge is 2.19. The average molecular weight is 408 g/mol. The molecule has 4 rings (SSSR count). The van der Waals surface area contributed by atoms with Gasteiger partial charge in [0.1, 0.15) is 0 Å². The number of halogens is 1. The molecule has 0 aliphatic carbocycles. The van der Waals surface area contributed by atoms with Gasteiger partial charge in [-0.3, -0.25) is 4.79 Å². The number of rotatable bonds is 4. The molecule has 2 aromatic rings. The first-order chi connectivity index (χ1) is 14.5. The van der Waals surface area contributed by atoms with Crippen molar-refractivity contribution in [1.29, 1.82) is 0 Å². The minimum Gasteiger partial charge on any atom is -0.334 e. The lowest BCUT2D eigenvalue weighted by molar-refractivity contribution is -0.125. The van der Waals surface area contributed by atoms with Gasteiger partial charge in [0.15, 0.2) is 11.6 Å². The topological polar surface area (TPSA) is 73.7 Å². The summed E-state index contributed by atoms with van der Waals surface area (Å²) in [6, 6.07) is 6.18. The molecule has 0 spiro atoms. The Kier molecular flexibility index (Phi) is 5.85. The molecule has 1 amide bonds. The number of piperidine rings is 1. The first-order valence-electron chi connectivity index (χ1n) is 10.1. The van der Waals surface area contributed by atoms with Gasteiger partial charge in [-0.15, -0.1) is 0 Å². The molecule has 0 radical (unpaired) electrons. The lowest BCUT2D eigenvalue weighted by Gasteiger charge is -2.26. The quantitative estimate of drug-likeness (QED) is 0.787. The van der Waals surface area contributed by atoms with E-state index in [0.29, 0.717) is 25.5 Å². The number of anilines is 2. The second-order valence-electron chi connectivity index (χ2n) is 7.71. The monoisotopic (exact) mass is 408 g/mol. The van der Waals surface area contributed by atoms with Gasteiger partial charge in [-0.2, -0.15) is 4.98 Å². The minimum atomic E-state index is -0.589. The second-order valence-corrected chi connectivity index (χ2v) is 7.71. The van der Waals surface area contributed by atoms with Crippen molar-refractivity contribution in [3.8, 4) is 0 Å². The molecule has 156 valence electrons. The number of carbonyl (C=O) groups excluding carboxylic acids is 1. The molecule has 0 atom stereocenters. The van der Waals surface area contributed by atoms with E-state index in [2.05, 4.69) is 50.9 Å². The van der Waals surface area contributed by atoms with Crippen molar-refractivity contribution in [2.24, 2.45) is 4.99 Å². The van der Waals surface area contributed by atoms with E-state index in [1.807, 2.05) is 6.07 Å². The maximum absolute atomic E-state index is 14.3. The molecule has 7 nitrogen and oxygen atoms in total. The molecule has 0 unspecified atom stereocenters. The zero-order valence-corrected chi connectivity index (χ0v) is 17.1. The number of hydrogen-bond acceptors (Lipinski definition) is 6. The molecule has 1 saturated heterocycles. The molecule has 1 fully saturated rings. The molecule has 0 bridgehead atoms. The smallest absolute Gasteiger partial charge is 0.246 e. The number of aromatic nitrogens is 2. The lowest BCUT2D eigenvalue weighted by atomic mass is 9.99. The van der Waals surface area contributed by atoms with Crippen LogP contribution in [0.4, 0.5) is 21.8 Å². The molecule has 2 aliphatic heterocycles. The van der Waals surface area contributed by atoms with Crippen molar-refractivity contribution in [3.05, 3.63) is 54.0 Å². The predicted octanol–water partition coefficient (Wildman–Crippen LogP) is 3.23. The number of benzene rings is 1. The summed E-state index contributed by atoms with van der Waals surface area (Å²) in [7, 11) is 2.11. The first kappa shape index (κ1) is 20.2. The molecule has 0 saturated carbocycles. The van der Waals surface area contributed by atoms with Gasteiger partial charge in [0.05, 0.1) is 12.7 Å². The fourth-order valence-corrected chi connectivity index (χ4v) is 3.81. The van der Waals surface area contributed by atoms with Crippen LogP contribution in [0.25, 0.3) is 0 Å². The van der Waals surface area contributed by atoms with Gasteiger partial charge in [-0.25, -0.2) is 14.4 Å². The van der Waals surface area contributed by atoms with Gasteiger partial charge >= 0.3 is 0 Å². The SMILES string of the molecule is C=CC(=O)N1CCCC(=Nc2nc(Nc3ccc4c(c3)CCN(C)C4)ncc2F)C1. The summed E-state index contributed by atoms with van der Waals surface area (Å²) in [6.07, 6.45) is 4.88. The molecular formula is C22H25FN6O. The van der Waals surface area contributed by atoms with Crippen molar-refractivity contribution in [1.82, 2.24) is 19.8 Å². The highest BCUT2D eigenvalue weighted by Crippen LogP contribution is 2.25. The van der Waals surface area contributed by atoms with Crippen LogP contribution in [-0.2, 0) is 17.8 Å². The van der Waals surface area contributed by atoms with Gasteiger partial charge in [-0.1, -0.05) is 12.6 Å². The number of hydrogen-bond donors (Lipinski definition) is 1. The largest absolute Gasteiger partial charge is 0.334 e. The van der Waals surface area contributed by atoms with Crippen molar-refractivity contribution in [3.63, 3.8) is 0 Å². The third-order valence-corrected chi connectivity index (χ3v) is 5.41. The Bertz CT molecular complexity index is 1010. The second kappa shape index (κ2) is 8.71.